The van der Waals surface area contributed by atoms with Crippen molar-refractivity contribution >= 4 is 46.6 Å². The maximum absolute atomic E-state index is 12.4. The summed E-state index contributed by atoms with van der Waals surface area (Å²) in [7, 11) is 0. The molecule has 0 fully saturated rings. The van der Waals surface area contributed by atoms with Gasteiger partial charge in [0.2, 0.25) is 0 Å². The van der Waals surface area contributed by atoms with E-state index in [-0.39, 0.29) is 17.1 Å². The summed E-state index contributed by atoms with van der Waals surface area (Å²) in [5.74, 6) is -0.437. The van der Waals surface area contributed by atoms with E-state index in [0.717, 1.165) is 10.5 Å². The van der Waals surface area contributed by atoms with Gasteiger partial charge in [0.1, 0.15) is 0 Å². The van der Waals surface area contributed by atoms with Crippen molar-refractivity contribution in [3.63, 3.8) is 0 Å². The number of benzene rings is 3. The summed E-state index contributed by atoms with van der Waals surface area (Å²) in [6, 6.07) is 23.8. The molecule has 0 saturated heterocycles. The second-order valence-corrected chi connectivity index (χ2v) is 8.64. The fourth-order valence-electron chi connectivity index (χ4n) is 2.71. The van der Waals surface area contributed by atoms with Crippen LogP contribution < -0.4 is 10.7 Å². The van der Waals surface area contributed by atoms with Crippen LogP contribution in [0, 0.1) is 0 Å². The second kappa shape index (κ2) is 10.8. The highest BCUT2D eigenvalue weighted by Gasteiger charge is 2.14. The molecule has 1 atom stereocenters. The highest BCUT2D eigenvalue weighted by Crippen LogP contribution is 2.22. The Bertz CT molecular complexity index is 1100. The van der Waals surface area contributed by atoms with Gasteiger partial charge in [0.15, 0.2) is 0 Å². The third-order valence-corrected chi connectivity index (χ3v) is 5.73. The number of hydrogen-bond acceptors (Lipinski definition) is 4. The lowest BCUT2D eigenvalue weighted by molar-refractivity contribution is -0.120. The Labute approximate surface area is 190 Å². The first-order valence-corrected chi connectivity index (χ1v) is 10.9. The van der Waals surface area contributed by atoms with E-state index in [4.69, 9.17) is 11.6 Å². The molecule has 3 aromatic rings. The number of hydrogen-bond donors (Lipinski definition) is 2. The van der Waals surface area contributed by atoms with Crippen LogP contribution in [0.5, 0.6) is 0 Å². The van der Waals surface area contributed by atoms with Crippen LogP contribution in [0.1, 0.15) is 29.8 Å². The average Bonchev–Trinajstić information content (AvgIpc) is 2.78. The molecule has 2 amide bonds. The van der Waals surface area contributed by atoms with Crippen molar-refractivity contribution < 1.29 is 9.59 Å². The predicted octanol–water partition coefficient (Wildman–Crippen LogP) is 5.61. The standard InChI is InChI=1S/C24H22ClN3O2S/c1-16(27-28-23(29)17(2)31-22-12-4-3-5-13-22)18-8-7-11-21(15-18)26-24(30)19-9-6-10-20(25)14-19/h3-15,17H,1-2H3,(H,26,30)(H,28,29)/b27-16-/t17-/m1/s1. The molecule has 3 rings (SSSR count). The van der Waals surface area contributed by atoms with Crippen LogP contribution in [0.25, 0.3) is 0 Å². The van der Waals surface area contributed by atoms with Gasteiger partial charge in [-0.1, -0.05) is 48.0 Å². The van der Waals surface area contributed by atoms with Crippen molar-refractivity contribution in [1.29, 1.82) is 0 Å². The fraction of sp³-hybridized carbons (Fsp3) is 0.125. The molecule has 158 valence electrons. The molecule has 0 heterocycles. The minimum Gasteiger partial charge on any atom is -0.322 e. The van der Waals surface area contributed by atoms with E-state index >= 15 is 0 Å². The number of thioether (sulfide) groups is 1. The number of anilines is 1. The zero-order chi connectivity index (χ0) is 22.2. The molecule has 0 spiro atoms. The number of nitrogens with one attached hydrogen (secondary N) is 2. The van der Waals surface area contributed by atoms with Gasteiger partial charge in [-0.25, -0.2) is 5.43 Å². The van der Waals surface area contributed by atoms with E-state index < -0.39 is 0 Å². The zero-order valence-corrected chi connectivity index (χ0v) is 18.7. The Morgan fingerprint density at radius 1 is 0.935 bits per heavy atom. The molecule has 31 heavy (non-hydrogen) atoms. The van der Waals surface area contributed by atoms with Gasteiger partial charge in [-0.15, -0.1) is 11.8 Å². The van der Waals surface area contributed by atoms with Crippen molar-refractivity contribution in [2.24, 2.45) is 5.10 Å². The first-order valence-electron chi connectivity index (χ1n) is 9.65. The van der Waals surface area contributed by atoms with Crippen LogP contribution in [0.4, 0.5) is 5.69 Å². The number of halogens is 1. The largest absolute Gasteiger partial charge is 0.322 e. The van der Waals surface area contributed by atoms with Crippen molar-refractivity contribution in [3.05, 3.63) is 95.0 Å². The number of amides is 2. The van der Waals surface area contributed by atoms with Gasteiger partial charge < -0.3 is 5.32 Å². The Hall–Kier alpha value is -3.09. The number of hydrazone groups is 1. The summed E-state index contributed by atoms with van der Waals surface area (Å²) >= 11 is 7.42. The molecule has 0 saturated carbocycles. The van der Waals surface area contributed by atoms with E-state index in [1.165, 1.54) is 11.8 Å². The summed E-state index contributed by atoms with van der Waals surface area (Å²) < 4.78 is 0. The van der Waals surface area contributed by atoms with E-state index in [1.807, 2.05) is 49.4 Å². The van der Waals surface area contributed by atoms with Gasteiger partial charge in [0.05, 0.1) is 11.0 Å². The molecule has 7 heteroatoms. The predicted molar refractivity (Wildman–Crippen MR) is 128 cm³/mol. The summed E-state index contributed by atoms with van der Waals surface area (Å²) in [5, 5.41) is 7.28. The maximum Gasteiger partial charge on any atom is 0.255 e. The number of carbonyl (C=O) groups is 2. The molecule has 0 aromatic heterocycles. The normalized spacial score (nSPS) is 12.2. The van der Waals surface area contributed by atoms with Gasteiger partial charge in [0, 0.05) is 21.2 Å². The average molecular weight is 452 g/mol. The second-order valence-electron chi connectivity index (χ2n) is 6.79. The first kappa shape index (κ1) is 22.6. The lowest BCUT2D eigenvalue weighted by Crippen LogP contribution is -2.27. The lowest BCUT2D eigenvalue weighted by Gasteiger charge is -2.11. The summed E-state index contributed by atoms with van der Waals surface area (Å²) in [6.07, 6.45) is 0. The summed E-state index contributed by atoms with van der Waals surface area (Å²) in [6.45, 7) is 3.64. The van der Waals surface area contributed by atoms with E-state index in [0.29, 0.717) is 22.0 Å². The van der Waals surface area contributed by atoms with Crippen LogP contribution in [0.15, 0.2) is 88.9 Å². The number of nitrogens with zero attached hydrogens (tertiary/aromatic N) is 1. The van der Waals surface area contributed by atoms with Gasteiger partial charge in [-0.3, -0.25) is 9.59 Å². The molecule has 0 unspecified atom stereocenters. The van der Waals surface area contributed by atoms with Crippen molar-refractivity contribution in [1.82, 2.24) is 5.43 Å². The minimum absolute atomic E-state index is 0.182. The quantitative estimate of drug-likeness (QED) is 0.278. The van der Waals surface area contributed by atoms with Crippen LogP contribution in [-0.2, 0) is 4.79 Å². The molecule has 5 nitrogen and oxygen atoms in total. The third kappa shape index (κ3) is 6.70. The van der Waals surface area contributed by atoms with E-state index in [2.05, 4.69) is 15.8 Å². The van der Waals surface area contributed by atoms with Crippen molar-refractivity contribution in [2.45, 2.75) is 24.0 Å². The highest BCUT2D eigenvalue weighted by atomic mass is 35.5. The van der Waals surface area contributed by atoms with Crippen molar-refractivity contribution in [3.8, 4) is 0 Å². The van der Waals surface area contributed by atoms with Gasteiger partial charge in [-0.05, 0) is 61.9 Å². The monoisotopic (exact) mass is 451 g/mol. The maximum atomic E-state index is 12.4. The van der Waals surface area contributed by atoms with Gasteiger partial charge >= 0.3 is 0 Å². The summed E-state index contributed by atoms with van der Waals surface area (Å²) in [5.41, 5.74) is 5.13. The zero-order valence-electron chi connectivity index (χ0n) is 17.1. The molecule has 3 aromatic carbocycles. The Morgan fingerprint density at radius 3 is 2.39 bits per heavy atom. The van der Waals surface area contributed by atoms with Crippen LogP contribution in [0.2, 0.25) is 5.02 Å². The Morgan fingerprint density at radius 2 is 1.65 bits per heavy atom. The topological polar surface area (TPSA) is 70.6 Å². The molecule has 0 aliphatic rings. The smallest absolute Gasteiger partial charge is 0.255 e. The third-order valence-electron chi connectivity index (χ3n) is 4.38. The highest BCUT2D eigenvalue weighted by molar-refractivity contribution is 8.00. The fourth-order valence-corrected chi connectivity index (χ4v) is 3.78. The Kier molecular flexibility index (Phi) is 7.87. The number of rotatable bonds is 7. The van der Waals surface area contributed by atoms with Crippen LogP contribution in [0.3, 0.4) is 0 Å². The Balaban J connectivity index is 1.62. The molecule has 0 aliphatic heterocycles. The number of carbonyl (C=O) groups excluding carboxylic acids is 2. The molecule has 0 bridgehead atoms. The molecule has 2 N–H and O–H groups in total. The van der Waals surface area contributed by atoms with Crippen LogP contribution in [-0.4, -0.2) is 22.8 Å². The van der Waals surface area contributed by atoms with Crippen LogP contribution >= 0.6 is 23.4 Å². The first-order chi connectivity index (χ1) is 14.9. The summed E-state index contributed by atoms with van der Waals surface area (Å²) in [4.78, 5) is 25.8. The molecule has 0 aliphatic carbocycles. The minimum atomic E-state index is -0.290. The van der Waals surface area contributed by atoms with E-state index in [1.54, 1.807) is 43.3 Å². The van der Waals surface area contributed by atoms with E-state index in [9.17, 15) is 9.59 Å². The molecular weight excluding hydrogens is 430 g/mol. The SMILES string of the molecule is C/C(=N/NC(=O)[C@@H](C)Sc1ccccc1)c1cccc(NC(=O)c2cccc(Cl)c2)c1. The van der Waals surface area contributed by atoms with Gasteiger partial charge in [0.25, 0.3) is 11.8 Å². The van der Waals surface area contributed by atoms with Gasteiger partial charge in [-0.2, -0.15) is 5.10 Å². The molecular formula is C24H22ClN3O2S. The van der Waals surface area contributed by atoms with Crippen molar-refractivity contribution in [2.75, 3.05) is 5.32 Å². The molecule has 0 radical (unpaired) electrons. The lowest BCUT2D eigenvalue weighted by atomic mass is 10.1.